The number of hydrogen-bond acceptors (Lipinski definition) is 6. The van der Waals surface area contributed by atoms with Crippen LogP contribution in [0, 0.1) is 5.92 Å². The second kappa shape index (κ2) is 8.57. The summed E-state index contributed by atoms with van der Waals surface area (Å²) < 4.78 is 16.5. The van der Waals surface area contributed by atoms with E-state index in [1.54, 1.807) is 25.1 Å². The van der Waals surface area contributed by atoms with Crippen molar-refractivity contribution < 1.29 is 24.1 Å². The summed E-state index contributed by atoms with van der Waals surface area (Å²) in [6, 6.07) is 5.89. The summed E-state index contributed by atoms with van der Waals surface area (Å²) >= 11 is 0. The van der Waals surface area contributed by atoms with Gasteiger partial charge in [-0.1, -0.05) is 0 Å². The summed E-state index contributed by atoms with van der Waals surface area (Å²) in [6.45, 7) is 5.92. The fraction of sp³-hybridized carbons (Fsp3) is 0.667. The molecule has 3 aliphatic rings. The molecule has 0 radical (unpaired) electrons. The van der Waals surface area contributed by atoms with E-state index >= 15 is 0 Å². The lowest BCUT2D eigenvalue weighted by Crippen LogP contribution is -2.51. The number of amides is 1. The van der Waals surface area contributed by atoms with Crippen molar-refractivity contribution in [2.75, 3.05) is 39.6 Å². The van der Waals surface area contributed by atoms with Crippen LogP contribution in [0.2, 0.25) is 0 Å². The molecule has 28 heavy (non-hydrogen) atoms. The number of benzene rings is 1. The summed E-state index contributed by atoms with van der Waals surface area (Å²) in [7, 11) is 0. The Balaban J connectivity index is 1.27. The highest BCUT2D eigenvalue weighted by Crippen LogP contribution is 2.35. The number of piperidine rings is 2. The van der Waals surface area contributed by atoms with E-state index in [1.165, 1.54) is 0 Å². The van der Waals surface area contributed by atoms with Gasteiger partial charge in [0.1, 0.15) is 5.75 Å². The topological polar surface area (TPSA) is 71.5 Å². The molecule has 7 heteroatoms. The number of carbonyl (C=O) groups is 1. The van der Waals surface area contributed by atoms with Crippen LogP contribution < -0.4 is 14.2 Å². The molecule has 0 aromatic heterocycles. The van der Waals surface area contributed by atoms with Gasteiger partial charge in [0.2, 0.25) is 6.79 Å². The van der Waals surface area contributed by atoms with E-state index in [1.807, 2.05) is 4.90 Å². The molecule has 1 amide bonds. The Morgan fingerprint density at radius 1 is 1.21 bits per heavy atom. The SMILES string of the molecule is C[C@H](Oc1ccc2c(c1)OCO2)C(=O)N1CCC(N2CCC[C@@H](CO)C2)CC1. The van der Waals surface area contributed by atoms with Gasteiger partial charge in [-0.15, -0.1) is 0 Å². The Labute approximate surface area is 166 Å². The molecule has 2 fully saturated rings. The van der Waals surface area contributed by atoms with Crippen molar-refractivity contribution in [2.24, 2.45) is 5.92 Å². The first-order valence-electron chi connectivity index (χ1n) is 10.3. The number of fused-ring (bicyclic) bond motifs is 1. The average molecular weight is 390 g/mol. The van der Waals surface area contributed by atoms with Gasteiger partial charge in [-0.05, 0) is 57.2 Å². The molecule has 7 nitrogen and oxygen atoms in total. The van der Waals surface area contributed by atoms with Crippen molar-refractivity contribution in [2.45, 2.75) is 44.8 Å². The van der Waals surface area contributed by atoms with Crippen LogP contribution in [0.1, 0.15) is 32.6 Å². The molecule has 0 saturated carbocycles. The van der Waals surface area contributed by atoms with E-state index in [0.29, 0.717) is 29.2 Å². The molecule has 3 heterocycles. The molecule has 0 unspecified atom stereocenters. The number of hydrogen-bond donors (Lipinski definition) is 1. The van der Waals surface area contributed by atoms with Gasteiger partial charge in [0.25, 0.3) is 5.91 Å². The molecule has 154 valence electrons. The highest BCUT2D eigenvalue weighted by molar-refractivity contribution is 5.81. The van der Waals surface area contributed by atoms with Crippen molar-refractivity contribution in [3.05, 3.63) is 18.2 Å². The maximum atomic E-state index is 12.8. The van der Waals surface area contributed by atoms with Crippen molar-refractivity contribution in [1.29, 1.82) is 0 Å². The fourth-order valence-corrected chi connectivity index (χ4v) is 4.49. The zero-order chi connectivity index (χ0) is 19.5. The number of rotatable bonds is 5. The third-order valence-corrected chi connectivity index (χ3v) is 6.11. The predicted molar refractivity (Wildman–Crippen MR) is 104 cm³/mol. The molecule has 0 bridgehead atoms. The zero-order valence-electron chi connectivity index (χ0n) is 16.5. The van der Waals surface area contributed by atoms with Gasteiger partial charge in [-0.2, -0.15) is 0 Å². The lowest BCUT2D eigenvalue weighted by molar-refractivity contribution is -0.139. The molecule has 3 aliphatic heterocycles. The second-order valence-electron chi connectivity index (χ2n) is 8.02. The summed E-state index contributed by atoms with van der Waals surface area (Å²) in [6.07, 6.45) is 3.72. The smallest absolute Gasteiger partial charge is 0.263 e. The van der Waals surface area contributed by atoms with Gasteiger partial charge in [-0.3, -0.25) is 9.69 Å². The predicted octanol–water partition coefficient (Wildman–Crippen LogP) is 1.88. The first kappa shape index (κ1) is 19.3. The minimum atomic E-state index is -0.536. The molecular weight excluding hydrogens is 360 g/mol. The Bertz CT molecular complexity index is 689. The Kier molecular flexibility index (Phi) is 5.92. The number of aliphatic hydroxyl groups excluding tert-OH is 1. The van der Waals surface area contributed by atoms with Gasteiger partial charge < -0.3 is 24.2 Å². The highest BCUT2D eigenvalue weighted by Gasteiger charge is 2.31. The van der Waals surface area contributed by atoms with Gasteiger partial charge in [0.15, 0.2) is 17.6 Å². The molecule has 0 spiro atoms. The molecule has 1 N–H and O–H groups in total. The van der Waals surface area contributed by atoms with E-state index in [-0.39, 0.29) is 19.3 Å². The van der Waals surface area contributed by atoms with Gasteiger partial charge in [-0.25, -0.2) is 0 Å². The summed E-state index contributed by atoms with van der Waals surface area (Å²) in [5, 5.41) is 9.45. The summed E-state index contributed by atoms with van der Waals surface area (Å²) in [5.41, 5.74) is 0. The quantitative estimate of drug-likeness (QED) is 0.828. The largest absolute Gasteiger partial charge is 0.481 e. The lowest BCUT2D eigenvalue weighted by atomic mass is 9.94. The summed E-state index contributed by atoms with van der Waals surface area (Å²) in [4.78, 5) is 17.2. The minimum Gasteiger partial charge on any atom is -0.481 e. The van der Waals surface area contributed by atoms with Crippen LogP contribution in [-0.4, -0.2) is 72.5 Å². The van der Waals surface area contributed by atoms with Gasteiger partial charge >= 0.3 is 0 Å². The van der Waals surface area contributed by atoms with Crippen LogP contribution in [-0.2, 0) is 4.79 Å². The third kappa shape index (κ3) is 4.20. The van der Waals surface area contributed by atoms with E-state index in [0.717, 1.165) is 51.9 Å². The fourth-order valence-electron chi connectivity index (χ4n) is 4.49. The van der Waals surface area contributed by atoms with Crippen molar-refractivity contribution in [3.63, 3.8) is 0 Å². The molecule has 0 aliphatic carbocycles. The maximum Gasteiger partial charge on any atom is 0.263 e. The van der Waals surface area contributed by atoms with Gasteiger partial charge in [0, 0.05) is 38.3 Å². The standard InChI is InChI=1S/C21H30N2O5/c1-15(28-18-4-5-19-20(11-18)27-14-26-19)21(25)22-9-6-17(7-10-22)23-8-2-3-16(12-23)13-24/h4-5,11,15-17,24H,2-3,6-10,12-14H2,1H3/t15-,16+/m0/s1. The molecule has 2 atom stereocenters. The van der Waals surface area contributed by atoms with Crippen LogP contribution in [0.15, 0.2) is 18.2 Å². The molecule has 4 rings (SSSR count). The number of carbonyl (C=O) groups excluding carboxylic acids is 1. The number of ether oxygens (including phenoxy) is 3. The van der Waals surface area contributed by atoms with Crippen LogP contribution in [0.3, 0.4) is 0 Å². The monoisotopic (exact) mass is 390 g/mol. The van der Waals surface area contributed by atoms with Crippen LogP contribution in [0.5, 0.6) is 17.2 Å². The van der Waals surface area contributed by atoms with Crippen molar-refractivity contribution in [1.82, 2.24) is 9.80 Å². The molecule has 1 aromatic carbocycles. The number of aliphatic hydroxyl groups is 1. The van der Waals surface area contributed by atoms with Crippen LogP contribution in [0.4, 0.5) is 0 Å². The zero-order valence-corrected chi connectivity index (χ0v) is 16.5. The molecular formula is C21H30N2O5. The normalized spacial score (nSPS) is 24.2. The summed E-state index contributed by atoms with van der Waals surface area (Å²) in [5.74, 6) is 2.41. The van der Waals surface area contributed by atoms with Gasteiger partial charge in [0.05, 0.1) is 0 Å². The second-order valence-corrected chi connectivity index (χ2v) is 8.02. The minimum absolute atomic E-state index is 0.0306. The lowest BCUT2D eigenvalue weighted by Gasteiger charge is -2.42. The first-order valence-corrected chi connectivity index (χ1v) is 10.3. The number of likely N-dealkylation sites (tertiary alicyclic amines) is 2. The maximum absolute atomic E-state index is 12.8. The average Bonchev–Trinajstić information content (AvgIpc) is 3.21. The Morgan fingerprint density at radius 3 is 2.79 bits per heavy atom. The number of nitrogens with zero attached hydrogens (tertiary/aromatic N) is 2. The Morgan fingerprint density at radius 2 is 2.00 bits per heavy atom. The van der Waals surface area contributed by atoms with Crippen LogP contribution >= 0.6 is 0 Å². The Hall–Kier alpha value is -1.99. The molecule has 1 aromatic rings. The van der Waals surface area contributed by atoms with Crippen LogP contribution in [0.25, 0.3) is 0 Å². The first-order chi connectivity index (χ1) is 13.6. The van der Waals surface area contributed by atoms with E-state index < -0.39 is 6.10 Å². The molecule has 2 saturated heterocycles. The van der Waals surface area contributed by atoms with E-state index in [4.69, 9.17) is 14.2 Å². The van der Waals surface area contributed by atoms with Crippen molar-refractivity contribution in [3.8, 4) is 17.2 Å². The van der Waals surface area contributed by atoms with Crippen molar-refractivity contribution >= 4 is 5.91 Å². The highest BCUT2D eigenvalue weighted by atomic mass is 16.7. The third-order valence-electron chi connectivity index (χ3n) is 6.11. The van der Waals surface area contributed by atoms with E-state index in [2.05, 4.69) is 4.90 Å². The van der Waals surface area contributed by atoms with E-state index in [9.17, 15) is 9.90 Å².